The topological polar surface area (TPSA) is 70.2 Å². The summed E-state index contributed by atoms with van der Waals surface area (Å²) in [5.41, 5.74) is 1.03. The van der Waals surface area contributed by atoms with Gasteiger partial charge in [-0.2, -0.15) is 4.98 Å². The van der Waals surface area contributed by atoms with Crippen molar-refractivity contribution in [2.45, 2.75) is 13.3 Å². The van der Waals surface area contributed by atoms with Crippen LogP contribution in [0.3, 0.4) is 0 Å². The van der Waals surface area contributed by atoms with Crippen LogP contribution in [0, 0.1) is 6.92 Å². The van der Waals surface area contributed by atoms with Gasteiger partial charge in [0.25, 0.3) is 0 Å². The van der Waals surface area contributed by atoms with Crippen molar-refractivity contribution in [1.29, 1.82) is 0 Å². The summed E-state index contributed by atoms with van der Waals surface area (Å²) in [6.07, 6.45) is 2.31. The van der Waals surface area contributed by atoms with Gasteiger partial charge in [0.15, 0.2) is 0 Å². The molecule has 6 heteroatoms. The number of anilines is 2. The fourth-order valence-electron chi connectivity index (χ4n) is 1.85. The van der Waals surface area contributed by atoms with Crippen LogP contribution in [-0.2, 0) is 4.79 Å². The van der Waals surface area contributed by atoms with Gasteiger partial charge >= 0.3 is 0 Å². The van der Waals surface area contributed by atoms with Gasteiger partial charge in [0.1, 0.15) is 5.82 Å². The minimum absolute atomic E-state index is 0.105. The normalized spacial score (nSPS) is 16.4. The van der Waals surface area contributed by atoms with E-state index in [1.165, 1.54) is 0 Å². The quantitative estimate of drug-likeness (QED) is 0.763. The number of aromatic nitrogens is 2. The summed E-state index contributed by atoms with van der Waals surface area (Å²) < 4.78 is 0. The molecule has 1 aliphatic rings. The smallest absolute Gasteiger partial charge is 0.224 e. The van der Waals surface area contributed by atoms with E-state index in [-0.39, 0.29) is 5.91 Å². The molecule has 6 nitrogen and oxygen atoms in total. The van der Waals surface area contributed by atoms with E-state index in [0.29, 0.717) is 25.5 Å². The molecular formula is C11H17N5O. The van der Waals surface area contributed by atoms with Crippen LogP contribution in [0.2, 0.25) is 0 Å². The molecule has 1 fully saturated rings. The van der Waals surface area contributed by atoms with Crippen LogP contribution in [0.1, 0.15) is 12.0 Å². The highest BCUT2D eigenvalue weighted by atomic mass is 16.1. The lowest BCUT2D eigenvalue weighted by Crippen LogP contribution is -2.29. The van der Waals surface area contributed by atoms with Gasteiger partial charge in [-0.25, -0.2) is 4.98 Å². The molecule has 0 aliphatic carbocycles. The Bertz CT molecular complexity index is 420. The summed E-state index contributed by atoms with van der Waals surface area (Å²) in [5, 5.41) is 5.78. The molecule has 0 bridgehead atoms. The van der Waals surface area contributed by atoms with Crippen LogP contribution in [-0.4, -0.2) is 42.6 Å². The molecule has 2 heterocycles. The molecule has 0 radical (unpaired) electrons. The highest BCUT2D eigenvalue weighted by Crippen LogP contribution is 2.18. The van der Waals surface area contributed by atoms with Gasteiger partial charge in [-0.3, -0.25) is 4.79 Å². The maximum absolute atomic E-state index is 11.3. The van der Waals surface area contributed by atoms with E-state index in [9.17, 15) is 4.79 Å². The molecular weight excluding hydrogens is 218 g/mol. The predicted octanol–water partition coefficient (Wildman–Crippen LogP) is 0.153. The monoisotopic (exact) mass is 235 g/mol. The molecule has 17 heavy (non-hydrogen) atoms. The highest BCUT2D eigenvalue weighted by Gasteiger charge is 2.17. The molecule has 1 aliphatic heterocycles. The van der Waals surface area contributed by atoms with Gasteiger partial charge in [-0.05, 0) is 6.92 Å². The van der Waals surface area contributed by atoms with Crippen LogP contribution in [0.15, 0.2) is 6.20 Å². The number of nitrogens with one attached hydrogen (secondary N) is 2. The van der Waals surface area contributed by atoms with E-state index < -0.39 is 0 Å². The Hall–Kier alpha value is -1.85. The number of hydrogen-bond acceptors (Lipinski definition) is 5. The predicted molar refractivity (Wildman–Crippen MR) is 66.2 cm³/mol. The van der Waals surface area contributed by atoms with Crippen molar-refractivity contribution in [3.63, 3.8) is 0 Å². The lowest BCUT2D eigenvalue weighted by Gasteiger charge is -2.22. The minimum Gasteiger partial charge on any atom is -0.357 e. The molecule has 0 saturated carbocycles. The summed E-state index contributed by atoms with van der Waals surface area (Å²) in [6, 6.07) is 0. The Morgan fingerprint density at radius 1 is 1.47 bits per heavy atom. The molecule has 0 atom stereocenters. The van der Waals surface area contributed by atoms with E-state index >= 15 is 0 Å². The van der Waals surface area contributed by atoms with Gasteiger partial charge in [-0.15, -0.1) is 0 Å². The van der Waals surface area contributed by atoms with E-state index in [0.717, 1.165) is 17.9 Å². The van der Waals surface area contributed by atoms with Gasteiger partial charge in [0.05, 0.1) is 0 Å². The van der Waals surface area contributed by atoms with Crippen molar-refractivity contribution in [2.24, 2.45) is 0 Å². The second-order valence-electron chi connectivity index (χ2n) is 4.04. The molecule has 1 aromatic rings. The van der Waals surface area contributed by atoms with Crippen molar-refractivity contribution in [3.8, 4) is 0 Å². The molecule has 1 aromatic heterocycles. The third-order valence-electron chi connectivity index (χ3n) is 2.78. The maximum atomic E-state index is 11.3. The fourth-order valence-corrected chi connectivity index (χ4v) is 1.85. The van der Waals surface area contributed by atoms with Crippen LogP contribution in [0.25, 0.3) is 0 Å². The van der Waals surface area contributed by atoms with E-state index in [1.54, 1.807) is 13.2 Å². The summed E-state index contributed by atoms with van der Waals surface area (Å²) in [5.74, 6) is 1.61. The third kappa shape index (κ3) is 2.64. The molecule has 1 saturated heterocycles. The van der Waals surface area contributed by atoms with Gasteiger partial charge < -0.3 is 15.5 Å². The summed E-state index contributed by atoms with van der Waals surface area (Å²) in [7, 11) is 1.79. The van der Waals surface area contributed by atoms with Crippen molar-refractivity contribution in [1.82, 2.24) is 15.3 Å². The van der Waals surface area contributed by atoms with Gasteiger partial charge in [0.2, 0.25) is 11.9 Å². The Balaban J connectivity index is 2.22. The average Bonchev–Trinajstić information content (AvgIpc) is 2.55. The molecule has 0 unspecified atom stereocenters. The zero-order valence-electron chi connectivity index (χ0n) is 10.2. The zero-order chi connectivity index (χ0) is 12.3. The number of amides is 1. The first-order chi connectivity index (χ1) is 8.20. The average molecular weight is 235 g/mol. The van der Waals surface area contributed by atoms with E-state index in [1.807, 2.05) is 6.92 Å². The second-order valence-corrected chi connectivity index (χ2v) is 4.04. The van der Waals surface area contributed by atoms with E-state index in [2.05, 4.69) is 25.5 Å². The minimum atomic E-state index is 0.105. The number of hydrogen-bond donors (Lipinski definition) is 2. The number of rotatable bonds is 2. The van der Waals surface area contributed by atoms with Crippen molar-refractivity contribution in [2.75, 3.05) is 36.9 Å². The largest absolute Gasteiger partial charge is 0.357 e. The lowest BCUT2D eigenvalue weighted by molar-refractivity contribution is -0.120. The fraction of sp³-hybridized carbons (Fsp3) is 0.545. The first-order valence-electron chi connectivity index (χ1n) is 5.73. The Morgan fingerprint density at radius 2 is 2.29 bits per heavy atom. The Labute approximate surface area is 100 Å². The lowest BCUT2D eigenvalue weighted by atomic mass is 10.3. The maximum Gasteiger partial charge on any atom is 0.224 e. The Morgan fingerprint density at radius 3 is 3.06 bits per heavy atom. The summed E-state index contributed by atoms with van der Waals surface area (Å²) in [6.45, 7) is 4.13. The molecule has 1 amide bonds. The number of carbonyl (C=O) groups excluding carboxylic acids is 1. The highest BCUT2D eigenvalue weighted by molar-refractivity contribution is 5.77. The number of aryl methyl sites for hydroxylation is 1. The summed E-state index contributed by atoms with van der Waals surface area (Å²) >= 11 is 0. The third-order valence-corrected chi connectivity index (χ3v) is 2.78. The molecule has 92 valence electrons. The van der Waals surface area contributed by atoms with Gasteiger partial charge in [-0.1, -0.05) is 0 Å². The molecule has 2 rings (SSSR count). The first kappa shape index (κ1) is 11.6. The van der Waals surface area contributed by atoms with Crippen LogP contribution in [0.5, 0.6) is 0 Å². The van der Waals surface area contributed by atoms with Crippen molar-refractivity contribution >= 4 is 17.7 Å². The SMILES string of the molecule is CNc1ncc(C)c(N2CCNC(=O)CC2)n1. The molecule has 2 N–H and O–H groups in total. The summed E-state index contributed by atoms with van der Waals surface area (Å²) in [4.78, 5) is 22.0. The van der Waals surface area contributed by atoms with Crippen molar-refractivity contribution in [3.05, 3.63) is 11.8 Å². The zero-order valence-corrected chi connectivity index (χ0v) is 10.2. The Kier molecular flexibility index (Phi) is 3.41. The second kappa shape index (κ2) is 4.99. The number of nitrogens with zero attached hydrogens (tertiary/aromatic N) is 3. The molecule has 0 spiro atoms. The first-order valence-corrected chi connectivity index (χ1v) is 5.73. The van der Waals surface area contributed by atoms with Crippen molar-refractivity contribution < 1.29 is 4.79 Å². The molecule has 0 aromatic carbocycles. The van der Waals surface area contributed by atoms with Crippen LogP contribution < -0.4 is 15.5 Å². The van der Waals surface area contributed by atoms with Gasteiger partial charge in [0, 0.05) is 44.9 Å². The van der Waals surface area contributed by atoms with Crippen LogP contribution >= 0.6 is 0 Å². The van der Waals surface area contributed by atoms with E-state index in [4.69, 9.17) is 0 Å². The standard InChI is InChI=1S/C11H17N5O/c1-8-7-14-11(12-2)15-10(8)16-5-3-9(17)13-4-6-16/h7H,3-6H2,1-2H3,(H,13,17)(H,12,14,15). The number of carbonyl (C=O) groups is 1. The van der Waals surface area contributed by atoms with Crippen LogP contribution in [0.4, 0.5) is 11.8 Å².